The third kappa shape index (κ3) is 2.60. The monoisotopic (exact) mass is 241 g/mol. The fraction of sp³-hybridized carbons (Fsp3) is 0.500. The highest BCUT2D eigenvalue weighted by atomic mass is 79.9. The largest absolute Gasteiger partial charge is 0.468 e. The lowest BCUT2D eigenvalue weighted by Crippen LogP contribution is -2.04. The summed E-state index contributed by atoms with van der Waals surface area (Å²) >= 11 is 3.32. The van der Waals surface area contributed by atoms with Crippen LogP contribution in [0.4, 0.5) is 0 Å². The van der Waals surface area contributed by atoms with Gasteiger partial charge in [0.05, 0.1) is 10.5 Å². The Hall–Kier alpha value is -0.750. The second kappa shape index (κ2) is 4.48. The van der Waals surface area contributed by atoms with Crippen LogP contribution >= 0.6 is 15.9 Å². The number of furan rings is 1. The molecule has 0 aliphatic rings. The van der Waals surface area contributed by atoms with E-state index in [9.17, 15) is 0 Å². The molecule has 0 aromatic carbocycles. The molecule has 0 saturated carbocycles. The summed E-state index contributed by atoms with van der Waals surface area (Å²) in [6.07, 6.45) is 2.17. The van der Waals surface area contributed by atoms with Crippen molar-refractivity contribution in [2.24, 2.45) is 5.92 Å². The Kier molecular flexibility index (Phi) is 3.56. The Bertz CT molecular complexity index is 311. The van der Waals surface area contributed by atoms with Gasteiger partial charge in [0, 0.05) is 12.3 Å². The summed E-state index contributed by atoms with van der Waals surface area (Å²) in [5, 5.41) is 8.65. The van der Waals surface area contributed by atoms with Crippen molar-refractivity contribution in [1.82, 2.24) is 0 Å². The molecule has 1 rings (SSSR count). The molecule has 13 heavy (non-hydrogen) atoms. The summed E-state index contributed by atoms with van der Waals surface area (Å²) in [5.74, 6) is 1.53. The first-order valence-electron chi connectivity index (χ1n) is 4.26. The highest BCUT2D eigenvalue weighted by Gasteiger charge is 2.18. The quantitative estimate of drug-likeness (QED) is 0.810. The first-order valence-corrected chi connectivity index (χ1v) is 5.05. The van der Waals surface area contributed by atoms with Gasteiger partial charge in [0.1, 0.15) is 12.0 Å². The standard InChI is InChI=1S/C10H12BrNO/c1-7(2)9(3-4-12)10-5-8(11)6-13-10/h5-7,9H,3H2,1-2H3. The molecular weight excluding hydrogens is 230 g/mol. The lowest BCUT2D eigenvalue weighted by atomic mass is 9.91. The maximum absolute atomic E-state index is 8.65. The third-order valence-corrected chi connectivity index (χ3v) is 2.48. The SMILES string of the molecule is CC(C)C(CC#N)c1cc(Br)co1. The third-order valence-electron chi connectivity index (χ3n) is 2.07. The van der Waals surface area contributed by atoms with Gasteiger partial charge in [-0.25, -0.2) is 0 Å². The molecule has 70 valence electrons. The topological polar surface area (TPSA) is 36.9 Å². The van der Waals surface area contributed by atoms with Crippen LogP contribution < -0.4 is 0 Å². The lowest BCUT2D eigenvalue weighted by Gasteiger charge is -2.14. The average Bonchev–Trinajstić information content (AvgIpc) is 2.46. The van der Waals surface area contributed by atoms with E-state index in [2.05, 4.69) is 35.8 Å². The van der Waals surface area contributed by atoms with Gasteiger partial charge >= 0.3 is 0 Å². The Morgan fingerprint density at radius 2 is 2.31 bits per heavy atom. The molecule has 1 heterocycles. The van der Waals surface area contributed by atoms with Gasteiger partial charge < -0.3 is 4.42 Å². The summed E-state index contributed by atoms with van der Waals surface area (Å²) in [7, 11) is 0. The fourth-order valence-electron chi connectivity index (χ4n) is 1.29. The molecule has 1 aromatic heterocycles. The number of hydrogen-bond donors (Lipinski definition) is 0. The molecule has 0 radical (unpaired) electrons. The van der Waals surface area contributed by atoms with Crippen LogP contribution in [0.5, 0.6) is 0 Å². The predicted molar refractivity (Wildman–Crippen MR) is 54.2 cm³/mol. The van der Waals surface area contributed by atoms with E-state index in [0.717, 1.165) is 10.2 Å². The molecule has 3 heteroatoms. The van der Waals surface area contributed by atoms with E-state index >= 15 is 0 Å². The van der Waals surface area contributed by atoms with E-state index in [1.807, 2.05) is 6.07 Å². The van der Waals surface area contributed by atoms with E-state index < -0.39 is 0 Å². The fourth-order valence-corrected chi connectivity index (χ4v) is 1.60. The Labute approximate surface area is 86.7 Å². The first-order chi connectivity index (χ1) is 6.15. The molecule has 1 aromatic rings. The molecule has 0 spiro atoms. The van der Waals surface area contributed by atoms with Crippen molar-refractivity contribution in [3.8, 4) is 6.07 Å². The minimum absolute atomic E-state index is 0.205. The summed E-state index contributed by atoms with van der Waals surface area (Å²) in [6, 6.07) is 4.11. The molecule has 1 unspecified atom stereocenters. The van der Waals surface area contributed by atoms with Gasteiger partial charge in [0.15, 0.2) is 0 Å². The lowest BCUT2D eigenvalue weighted by molar-refractivity contribution is 0.398. The highest BCUT2D eigenvalue weighted by Crippen LogP contribution is 2.30. The van der Waals surface area contributed by atoms with Gasteiger partial charge in [-0.1, -0.05) is 13.8 Å². The van der Waals surface area contributed by atoms with E-state index in [0.29, 0.717) is 12.3 Å². The van der Waals surface area contributed by atoms with Gasteiger partial charge in [-0.2, -0.15) is 5.26 Å². The van der Waals surface area contributed by atoms with Crippen molar-refractivity contribution < 1.29 is 4.42 Å². The van der Waals surface area contributed by atoms with Crippen molar-refractivity contribution in [2.75, 3.05) is 0 Å². The van der Waals surface area contributed by atoms with Gasteiger partial charge in [-0.15, -0.1) is 0 Å². The second-order valence-electron chi connectivity index (χ2n) is 3.38. The van der Waals surface area contributed by atoms with Crippen LogP contribution in [0.1, 0.15) is 31.9 Å². The number of nitriles is 1. The summed E-state index contributed by atoms with van der Waals surface area (Å²) in [4.78, 5) is 0. The zero-order valence-electron chi connectivity index (χ0n) is 7.75. The molecule has 0 saturated heterocycles. The molecular formula is C10H12BrNO. The van der Waals surface area contributed by atoms with Crippen LogP contribution in [0.15, 0.2) is 21.2 Å². The van der Waals surface area contributed by atoms with Gasteiger partial charge in [0.25, 0.3) is 0 Å². The summed E-state index contributed by atoms with van der Waals surface area (Å²) < 4.78 is 6.28. The smallest absolute Gasteiger partial charge is 0.109 e. The first kappa shape index (κ1) is 10.3. The van der Waals surface area contributed by atoms with E-state index in [1.54, 1.807) is 6.26 Å². The maximum atomic E-state index is 8.65. The molecule has 0 aliphatic carbocycles. The molecule has 0 bridgehead atoms. The molecule has 0 fully saturated rings. The minimum Gasteiger partial charge on any atom is -0.468 e. The van der Waals surface area contributed by atoms with Crippen molar-refractivity contribution in [2.45, 2.75) is 26.2 Å². The molecule has 0 amide bonds. The molecule has 2 nitrogen and oxygen atoms in total. The van der Waals surface area contributed by atoms with Crippen LogP contribution in [0.3, 0.4) is 0 Å². The van der Waals surface area contributed by atoms with Gasteiger partial charge in [0.2, 0.25) is 0 Å². The number of halogens is 1. The Balaban J connectivity index is 2.83. The van der Waals surface area contributed by atoms with E-state index in [1.165, 1.54) is 0 Å². The number of rotatable bonds is 3. The zero-order chi connectivity index (χ0) is 9.84. The van der Waals surface area contributed by atoms with Crippen LogP contribution in [0.25, 0.3) is 0 Å². The van der Waals surface area contributed by atoms with E-state index in [4.69, 9.17) is 9.68 Å². The maximum Gasteiger partial charge on any atom is 0.109 e. The summed E-state index contributed by atoms with van der Waals surface area (Å²) in [5.41, 5.74) is 0. The highest BCUT2D eigenvalue weighted by molar-refractivity contribution is 9.10. The Morgan fingerprint density at radius 1 is 1.62 bits per heavy atom. The average molecular weight is 242 g/mol. The number of nitrogens with zero attached hydrogens (tertiary/aromatic N) is 1. The predicted octanol–water partition coefficient (Wildman–Crippen LogP) is 3.70. The van der Waals surface area contributed by atoms with Crippen LogP contribution in [0, 0.1) is 17.2 Å². The van der Waals surface area contributed by atoms with Crippen molar-refractivity contribution >= 4 is 15.9 Å². The van der Waals surface area contributed by atoms with Crippen LogP contribution in [-0.2, 0) is 0 Å². The van der Waals surface area contributed by atoms with Crippen molar-refractivity contribution in [1.29, 1.82) is 5.26 Å². The molecule has 0 aliphatic heterocycles. The van der Waals surface area contributed by atoms with Gasteiger partial charge in [-0.3, -0.25) is 0 Å². The van der Waals surface area contributed by atoms with Gasteiger partial charge in [-0.05, 0) is 27.9 Å². The van der Waals surface area contributed by atoms with Crippen LogP contribution in [-0.4, -0.2) is 0 Å². The zero-order valence-corrected chi connectivity index (χ0v) is 9.34. The van der Waals surface area contributed by atoms with Crippen LogP contribution in [0.2, 0.25) is 0 Å². The minimum atomic E-state index is 0.205. The van der Waals surface area contributed by atoms with Crippen molar-refractivity contribution in [3.63, 3.8) is 0 Å². The number of hydrogen-bond acceptors (Lipinski definition) is 2. The second-order valence-corrected chi connectivity index (χ2v) is 4.30. The Morgan fingerprint density at radius 3 is 2.69 bits per heavy atom. The molecule has 1 atom stereocenters. The summed E-state index contributed by atoms with van der Waals surface area (Å²) in [6.45, 7) is 4.19. The van der Waals surface area contributed by atoms with E-state index in [-0.39, 0.29) is 5.92 Å². The normalized spacial score (nSPS) is 12.8. The molecule has 0 N–H and O–H groups in total. The van der Waals surface area contributed by atoms with Crippen molar-refractivity contribution in [3.05, 3.63) is 22.6 Å².